The van der Waals surface area contributed by atoms with Gasteiger partial charge in [-0.1, -0.05) is 0 Å². The van der Waals surface area contributed by atoms with E-state index in [1.165, 1.54) is 0 Å². The summed E-state index contributed by atoms with van der Waals surface area (Å²) in [7, 11) is 0. The summed E-state index contributed by atoms with van der Waals surface area (Å²) >= 11 is 5.97. The van der Waals surface area contributed by atoms with Crippen molar-refractivity contribution in [3.05, 3.63) is 20.8 Å². The van der Waals surface area contributed by atoms with E-state index in [0.717, 1.165) is 6.08 Å². The number of allylic oxidation sites excluding steroid dienone is 2. The van der Waals surface area contributed by atoms with E-state index in [0.29, 0.717) is 4.48 Å². The van der Waals surface area contributed by atoms with E-state index in [9.17, 15) is 20.1 Å². The number of halogens is 2. The molecule has 0 saturated heterocycles. The summed E-state index contributed by atoms with van der Waals surface area (Å²) < 4.78 is 0.524. The molecular weight excluding hydrogens is 308 g/mol. The van der Waals surface area contributed by atoms with E-state index in [1.54, 1.807) is 0 Å². The van der Waals surface area contributed by atoms with Gasteiger partial charge in [0.1, 0.15) is 5.76 Å². The number of aldehydes is 1. The molecule has 4 nitrogen and oxygen atoms in total. The number of aliphatic hydroxyl groups excluding tert-OH is 2. The van der Waals surface area contributed by atoms with Gasteiger partial charge in [-0.05, 0) is 37.9 Å². The van der Waals surface area contributed by atoms with Crippen LogP contribution in [0.3, 0.4) is 0 Å². The molecule has 0 bridgehead atoms. The van der Waals surface area contributed by atoms with Crippen LogP contribution in [0.4, 0.5) is 0 Å². The van der Waals surface area contributed by atoms with E-state index in [2.05, 4.69) is 31.9 Å². The zero-order valence-electron chi connectivity index (χ0n) is 6.24. The Labute approximate surface area is 90.8 Å². The molecule has 0 aliphatic heterocycles. The van der Waals surface area contributed by atoms with Crippen molar-refractivity contribution in [1.82, 2.24) is 0 Å². The molecule has 0 saturated carbocycles. The van der Waals surface area contributed by atoms with Crippen molar-refractivity contribution in [3.63, 3.8) is 0 Å². The highest BCUT2D eigenvalue weighted by Crippen LogP contribution is 2.36. The van der Waals surface area contributed by atoms with Crippen LogP contribution >= 0.6 is 31.9 Å². The smallest absolute Gasteiger partial charge is 0.172 e. The van der Waals surface area contributed by atoms with Crippen LogP contribution in [-0.4, -0.2) is 33.3 Å². The van der Waals surface area contributed by atoms with Crippen LogP contribution in [0.5, 0.6) is 0 Å². The maximum atomic E-state index is 10.5. The molecule has 72 valence electrons. The fourth-order valence-electron chi connectivity index (χ4n) is 0.905. The molecule has 2 atom stereocenters. The van der Waals surface area contributed by atoms with Crippen LogP contribution in [0.25, 0.3) is 0 Å². The molecule has 0 amide bonds. The summed E-state index contributed by atoms with van der Waals surface area (Å²) in [4.78, 5) is 10.5. The minimum Gasteiger partial charge on any atom is -0.508 e. The second kappa shape index (κ2) is 3.53. The average molecular weight is 314 g/mol. The largest absolute Gasteiger partial charge is 0.508 e. The van der Waals surface area contributed by atoms with Gasteiger partial charge in [0.15, 0.2) is 18.0 Å². The maximum absolute atomic E-state index is 10.5. The number of hydrogen-bond donors (Lipinski definition) is 3. The van der Waals surface area contributed by atoms with Gasteiger partial charge in [0, 0.05) is 4.48 Å². The molecule has 2 unspecified atom stereocenters. The van der Waals surface area contributed by atoms with E-state index < -0.39 is 17.5 Å². The van der Waals surface area contributed by atoms with Crippen molar-refractivity contribution in [2.45, 2.75) is 11.7 Å². The highest BCUT2D eigenvalue weighted by molar-refractivity contribution is 9.15. The predicted molar refractivity (Wildman–Crippen MR) is 52.6 cm³/mol. The summed E-state index contributed by atoms with van der Waals surface area (Å²) in [6.45, 7) is 0. The molecule has 1 aliphatic carbocycles. The van der Waals surface area contributed by atoms with E-state index in [-0.39, 0.29) is 10.8 Å². The van der Waals surface area contributed by atoms with Crippen molar-refractivity contribution in [2.75, 3.05) is 0 Å². The Balaban J connectivity index is 3.22. The third-order valence-corrected chi connectivity index (χ3v) is 3.67. The van der Waals surface area contributed by atoms with Crippen molar-refractivity contribution in [1.29, 1.82) is 0 Å². The lowest BCUT2D eigenvalue weighted by atomic mass is 9.92. The number of carbonyl (C=O) groups excluding carboxylic acids is 1. The highest BCUT2D eigenvalue weighted by atomic mass is 79.9. The summed E-state index contributed by atoms with van der Waals surface area (Å²) in [5.74, 6) is -0.482. The Morgan fingerprint density at radius 3 is 2.54 bits per heavy atom. The van der Waals surface area contributed by atoms with Crippen LogP contribution in [0, 0.1) is 0 Å². The number of rotatable bonds is 1. The first kappa shape index (κ1) is 10.9. The number of carbonyl (C=O) groups is 1. The van der Waals surface area contributed by atoms with Gasteiger partial charge in [0.05, 0.1) is 4.48 Å². The van der Waals surface area contributed by atoms with Crippen molar-refractivity contribution < 1.29 is 20.1 Å². The summed E-state index contributed by atoms with van der Waals surface area (Å²) in [5, 5.41) is 28.0. The van der Waals surface area contributed by atoms with Gasteiger partial charge in [-0.25, -0.2) is 0 Å². The lowest BCUT2D eigenvalue weighted by molar-refractivity contribution is -0.129. The third-order valence-electron chi connectivity index (χ3n) is 1.68. The molecule has 0 radical (unpaired) electrons. The molecule has 6 heteroatoms. The fraction of sp³-hybridized carbons (Fsp3) is 0.286. The van der Waals surface area contributed by atoms with E-state index >= 15 is 0 Å². The normalized spacial score (nSPS) is 34.5. The number of aliphatic hydroxyl groups is 3. The quantitative estimate of drug-likeness (QED) is 0.624. The average Bonchev–Trinajstić information content (AvgIpc) is 2.12. The Bertz CT molecular complexity index is 310. The second-order valence-corrected chi connectivity index (χ2v) is 4.25. The van der Waals surface area contributed by atoms with Crippen LogP contribution in [-0.2, 0) is 4.79 Å². The summed E-state index contributed by atoms with van der Waals surface area (Å²) in [5.41, 5.74) is -2.07. The Hall–Kier alpha value is -0.170. The van der Waals surface area contributed by atoms with Crippen LogP contribution in [0.2, 0.25) is 0 Å². The van der Waals surface area contributed by atoms with Crippen LogP contribution in [0.15, 0.2) is 20.8 Å². The topological polar surface area (TPSA) is 77.8 Å². The zero-order chi connectivity index (χ0) is 10.2. The predicted octanol–water partition coefficient (Wildman–Crippen LogP) is 0.734. The lowest BCUT2D eigenvalue weighted by Crippen LogP contribution is -2.45. The van der Waals surface area contributed by atoms with Gasteiger partial charge in [0.2, 0.25) is 0 Å². The first-order chi connectivity index (χ1) is 5.92. The minimum atomic E-state index is -2.07. The van der Waals surface area contributed by atoms with Crippen LogP contribution < -0.4 is 0 Å². The Kier molecular flexibility index (Phi) is 2.96. The third kappa shape index (κ3) is 1.71. The molecule has 3 N–H and O–H groups in total. The monoisotopic (exact) mass is 312 g/mol. The Morgan fingerprint density at radius 2 is 2.08 bits per heavy atom. The van der Waals surface area contributed by atoms with Crippen molar-refractivity contribution in [2.24, 2.45) is 0 Å². The molecule has 0 fully saturated rings. The molecule has 0 aromatic rings. The molecule has 13 heavy (non-hydrogen) atoms. The van der Waals surface area contributed by atoms with Crippen molar-refractivity contribution in [3.8, 4) is 0 Å². The van der Waals surface area contributed by atoms with Crippen LogP contribution in [0.1, 0.15) is 0 Å². The molecule has 0 aromatic carbocycles. The van der Waals surface area contributed by atoms with Gasteiger partial charge in [0.25, 0.3) is 0 Å². The van der Waals surface area contributed by atoms with Gasteiger partial charge in [-0.2, -0.15) is 0 Å². The van der Waals surface area contributed by atoms with Gasteiger partial charge in [-0.3, -0.25) is 4.79 Å². The number of hydrogen-bond acceptors (Lipinski definition) is 4. The summed E-state index contributed by atoms with van der Waals surface area (Å²) in [6.07, 6.45) is -0.371. The Morgan fingerprint density at radius 1 is 1.54 bits per heavy atom. The molecule has 0 spiro atoms. The van der Waals surface area contributed by atoms with E-state index in [4.69, 9.17) is 0 Å². The van der Waals surface area contributed by atoms with Gasteiger partial charge in [-0.15, -0.1) is 0 Å². The fourth-order valence-corrected chi connectivity index (χ4v) is 1.81. The minimum absolute atomic E-state index is 0.161. The summed E-state index contributed by atoms with van der Waals surface area (Å²) in [6, 6.07) is 0. The lowest BCUT2D eigenvalue weighted by Gasteiger charge is -2.28. The molecule has 1 aliphatic rings. The van der Waals surface area contributed by atoms with Gasteiger partial charge < -0.3 is 15.3 Å². The van der Waals surface area contributed by atoms with Gasteiger partial charge >= 0.3 is 0 Å². The molecular formula is C7H6Br2O4. The SMILES string of the molecule is O=CC1(O)C=C(Br)C(Br)=C(O)C1O. The molecule has 0 aromatic heterocycles. The standard InChI is InChI=1S/C7H6Br2O4/c8-3-1-7(13,2-10)6(12)5(11)4(3)9/h1-2,6,11-13H. The van der Waals surface area contributed by atoms with Crippen molar-refractivity contribution >= 4 is 38.1 Å². The zero-order valence-corrected chi connectivity index (χ0v) is 9.41. The molecule has 1 rings (SSSR count). The first-order valence-electron chi connectivity index (χ1n) is 3.26. The highest BCUT2D eigenvalue weighted by Gasteiger charge is 2.41. The second-order valence-electron chi connectivity index (χ2n) is 2.60. The molecule has 0 heterocycles. The first-order valence-corrected chi connectivity index (χ1v) is 4.85. The van der Waals surface area contributed by atoms with E-state index in [1.807, 2.05) is 0 Å². The maximum Gasteiger partial charge on any atom is 0.172 e.